The number of aromatic nitrogens is 2. The number of hydrogen-bond donors (Lipinski definition) is 2. The maximum atomic E-state index is 12.6. The molecule has 7 nitrogen and oxygen atoms in total. The number of aryl methyl sites for hydroxylation is 2. The van der Waals surface area contributed by atoms with Crippen molar-refractivity contribution in [3.8, 4) is 11.4 Å². The third kappa shape index (κ3) is 2.70. The van der Waals surface area contributed by atoms with Crippen molar-refractivity contribution in [2.75, 3.05) is 20.0 Å². The number of carbonyl (C=O) groups excluding carboxylic acids is 1. The van der Waals surface area contributed by atoms with Crippen LogP contribution in [0.4, 0.5) is 5.82 Å². The van der Waals surface area contributed by atoms with Gasteiger partial charge in [0.15, 0.2) is 0 Å². The lowest BCUT2D eigenvalue weighted by molar-refractivity contribution is 0.0604. The smallest absolute Gasteiger partial charge is 0.342 e. The molecule has 28 heavy (non-hydrogen) atoms. The van der Waals surface area contributed by atoms with E-state index in [0.717, 1.165) is 28.1 Å². The van der Waals surface area contributed by atoms with Crippen molar-refractivity contribution >= 4 is 22.8 Å². The molecule has 0 unspecified atom stereocenters. The molecule has 0 saturated carbocycles. The van der Waals surface area contributed by atoms with Gasteiger partial charge in [-0.3, -0.25) is 4.57 Å². The zero-order valence-electron chi connectivity index (χ0n) is 17.0. The number of nitrogen functional groups attached to an aromatic ring is 1. The molecule has 1 aromatic carbocycles. The van der Waals surface area contributed by atoms with Crippen LogP contribution in [-0.4, -0.2) is 34.8 Å². The third-order valence-electron chi connectivity index (χ3n) is 5.33. The topological polar surface area (TPSA) is 99.6 Å². The highest BCUT2D eigenvalue weighted by molar-refractivity contribution is 6.10. The normalized spacial score (nSPS) is 11.1. The van der Waals surface area contributed by atoms with Gasteiger partial charge in [-0.05, 0) is 50.5 Å². The maximum Gasteiger partial charge on any atom is 0.342 e. The number of ether oxygens (including phenoxy) is 2. The Morgan fingerprint density at radius 3 is 2.43 bits per heavy atom. The predicted molar refractivity (Wildman–Crippen MR) is 108 cm³/mol. The Labute approximate surface area is 163 Å². The van der Waals surface area contributed by atoms with Gasteiger partial charge in [0.05, 0.1) is 26.5 Å². The number of pyridine rings is 1. The summed E-state index contributed by atoms with van der Waals surface area (Å²) in [6.07, 6.45) is 0. The molecule has 3 rings (SSSR count). The lowest BCUT2D eigenvalue weighted by Gasteiger charge is -2.17. The van der Waals surface area contributed by atoms with Crippen LogP contribution in [0.15, 0.2) is 12.1 Å². The Morgan fingerprint density at radius 1 is 1.18 bits per heavy atom. The van der Waals surface area contributed by atoms with E-state index in [1.54, 1.807) is 11.7 Å². The quantitative estimate of drug-likeness (QED) is 0.672. The van der Waals surface area contributed by atoms with Crippen LogP contribution in [0.25, 0.3) is 16.7 Å². The van der Waals surface area contributed by atoms with Crippen molar-refractivity contribution in [1.29, 1.82) is 0 Å². The van der Waals surface area contributed by atoms with E-state index in [9.17, 15) is 9.90 Å². The number of carbonyl (C=O) groups is 1. The standard InChI is InChI=1S/C21H25N3O4/c1-10-7-8-15(27-5)12(3)18(10)24-19(22)17(21(26)28-6)16-14(9-25)11(2)13(4)23-20(16)24/h7-8,25H,9,22H2,1-6H3. The van der Waals surface area contributed by atoms with Gasteiger partial charge in [-0.2, -0.15) is 0 Å². The molecule has 0 bridgehead atoms. The molecule has 0 aliphatic heterocycles. The number of rotatable bonds is 4. The average molecular weight is 383 g/mol. The molecule has 7 heteroatoms. The van der Waals surface area contributed by atoms with Crippen LogP contribution in [-0.2, 0) is 11.3 Å². The fourth-order valence-electron chi connectivity index (χ4n) is 3.73. The number of aliphatic hydroxyl groups excluding tert-OH is 1. The van der Waals surface area contributed by atoms with Gasteiger partial charge in [-0.1, -0.05) is 6.07 Å². The summed E-state index contributed by atoms with van der Waals surface area (Å²) in [6.45, 7) is 7.38. The largest absolute Gasteiger partial charge is 0.496 e. The van der Waals surface area contributed by atoms with E-state index < -0.39 is 5.97 Å². The molecular formula is C21H25N3O4. The van der Waals surface area contributed by atoms with Gasteiger partial charge >= 0.3 is 5.97 Å². The number of esters is 1. The molecule has 0 aliphatic rings. The fraction of sp³-hybridized carbons (Fsp3) is 0.333. The van der Waals surface area contributed by atoms with E-state index in [4.69, 9.17) is 20.2 Å². The first-order chi connectivity index (χ1) is 13.3. The predicted octanol–water partition coefficient (Wildman–Crippen LogP) is 3.13. The Morgan fingerprint density at radius 2 is 1.86 bits per heavy atom. The van der Waals surface area contributed by atoms with E-state index in [2.05, 4.69) is 0 Å². The second-order valence-corrected chi connectivity index (χ2v) is 6.80. The molecule has 0 amide bonds. The molecule has 2 aromatic heterocycles. The summed E-state index contributed by atoms with van der Waals surface area (Å²) in [4.78, 5) is 17.3. The molecule has 0 aliphatic carbocycles. The first kappa shape index (κ1) is 19.7. The number of nitrogens with zero attached hydrogens (tertiary/aromatic N) is 2. The highest BCUT2D eigenvalue weighted by Crippen LogP contribution is 2.38. The van der Waals surface area contributed by atoms with Crippen molar-refractivity contribution in [2.24, 2.45) is 0 Å². The number of benzene rings is 1. The van der Waals surface area contributed by atoms with Crippen LogP contribution < -0.4 is 10.5 Å². The summed E-state index contributed by atoms with van der Waals surface area (Å²) in [5.41, 5.74) is 12.0. The lowest BCUT2D eigenvalue weighted by Crippen LogP contribution is -2.09. The van der Waals surface area contributed by atoms with Crippen molar-refractivity contribution in [1.82, 2.24) is 9.55 Å². The number of aliphatic hydroxyl groups is 1. The SMILES string of the molecule is COC(=O)c1c(N)n(-c2c(C)ccc(OC)c2C)c2nc(C)c(C)c(CO)c12. The van der Waals surface area contributed by atoms with E-state index >= 15 is 0 Å². The Kier molecular flexibility index (Phi) is 5.04. The Bertz CT molecular complexity index is 1100. The zero-order chi connectivity index (χ0) is 20.7. The van der Waals surface area contributed by atoms with Crippen molar-refractivity contribution in [2.45, 2.75) is 34.3 Å². The molecule has 0 radical (unpaired) electrons. The van der Waals surface area contributed by atoms with Gasteiger partial charge < -0.3 is 20.3 Å². The van der Waals surface area contributed by atoms with Gasteiger partial charge in [0.1, 0.15) is 22.8 Å². The van der Waals surface area contributed by atoms with E-state index in [1.807, 2.05) is 39.8 Å². The van der Waals surface area contributed by atoms with Crippen LogP contribution in [0.5, 0.6) is 5.75 Å². The summed E-state index contributed by atoms with van der Waals surface area (Å²) in [5.74, 6) is 0.348. The van der Waals surface area contributed by atoms with Gasteiger partial charge in [0.2, 0.25) is 0 Å². The third-order valence-corrected chi connectivity index (χ3v) is 5.33. The molecule has 148 valence electrons. The van der Waals surface area contributed by atoms with E-state index in [1.165, 1.54) is 7.11 Å². The maximum absolute atomic E-state index is 12.6. The number of anilines is 1. The molecule has 0 saturated heterocycles. The van der Waals surface area contributed by atoms with Crippen molar-refractivity contribution in [3.63, 3.8) is 0 Å². The van der Waals surface area contributed by atoms with Gasteiger partial charge in [-0.15, -0.1) is 0 Å². The van der Waals surface area contributed by atoms with Crippen molar-refractivity contribution < 1.29 is 19.4 Å². The lowest BCUT2D eigenvalue weighted by atomic mass is 10.0. The van der Waals surface area contributed by atoms with Crippen LogP contribution in [0, 0.1) is 27.7 Å². The van der Waals surface area contributed by atoms with Crippen molar-refractivity contribution in [3.05, 3.63) is 45.6 Å². The van der Waals surface area contributed by atoms with Crippen LogP contribution in [0.3, 0.4) is 0 Å². The average Bonchev–Trinajstić information content (AvgIpc) is 2.94. The summed E-state index contributed by atoms with van der Waals surface area (Å²) < 4.78 is 12.2. The van der Waals surface area contributed by atoms with E-state index in [-0.39, 0.29) is 18.0 Å². The van der Waals surface area contributed by atoms with Crippen LogP contribution in [0.1, 0.15) is 38.3 Å². The fourth-order valence-corrected chi connectivity index (χ4v) is 3.73. The minimum atomic E-state index is -0.570. The molecule has 0 atom stereocenters. The first-order valence-electron chi connectivity index (χ1n) is 8.92. The zero-order valence-corrected chi connectivity index (χ0v) is 17.0. The van der Waals surface area contributed by atoms with Crippen LogP contribution >= 0.6 is 0 Å². The molecule has 2 heterocycles. The van der Waals surface area contributed by atoms with Gasteiger partial charge in [0.25, 0.3) is 0 Å². The minimum Gasteiger partial charge on any atom is -0.496 e. The molecular weight excluding hydrogens is 358 g/mol. The Hall–Kier alpha value is -3.06. The highest BCUT2D eigenvalue weighted by Gasteiger charge is 2.28. The monoisotopic (exact) mass is 383 g/mol. The highest BCUT2D eigenvalue weighted by atomic mass is 16.5. The molecule has 0 spiro atoms. The minimum absolute atomic E-state index is 0.207. The summed E-state index contributed by atoms with van der Waals surface area (Å²) in [5, 5.41) is 10.5. The van der Waals surface area contributed by atoms with E-state index in [0.29, 0.717) is 22.3 Å². The number of hydrogen-bond acceptors (Lipinski definition) is 6. The van der Waals surface area contributed by atoms with Gasteiger partial charge in [-0.25, -0.2) is 9.78 Å². The first-order valence-corrected chi connectivity index (χ1v) is 8.92. The number of nitrogens with two attached hydrogens (primary N) is 1. The number of methoxy groups -OCH3 is 2. The second kappa shape index (κ2) is 7.16. The second-order valence-electron chi connectivity index (χ2n) is 6.80. The van der Waals surface area contributed by atoms with Gasteiger partial charge in [0, 0.05) is 16.6 Å². The molecule has 3 N–H and O–H groups in total. The van der Waals surface area contributed by atoms with Crippen LogP contribution in [0.2, 0.25) is 0 Å². The molecule has 0 fully saturated rings. The molecule has 3 aromatic rings. The number of fused-ring (bicyclic) bond motifs is 1. The Balaban J connectivity index is 2.59. The summed E-state index contributed by atoms with van der Waals surface area (Å²) in [7, 11) is 2.91. The summed E-state index contributed by atoms with van der Waals surface area (Å²) in [6, 6.07) is 3.82. The summed E-state index contributed by atoms with van der Waals surface area (Å²) >= 11 is 0.